The van der Waals surface area contributed by atoms with E-state index in [-0.39, 0.29) is 42.1 Å². The van der Waals surface area contributed by atoms with Crippen LogP contribution < -0.4 is 21.3 Å². The van der Waals surface area contributed by atoms with Gasteiger partial charge in [0.2, 0.25) is 11.8 Å². The molecule has 0 bridgehead atoms. The summed E-state index contributed by atoms with van der Waals surface area (Å²) in [6.45, 7) is 14.2. The molecular formula is C23H46N4O4. The average Bonchev–Trinajstić information content (AvgIpc) is 2.68. The summed E-state index contributed by atoms with van der Waals surface area (Å²) >= 11 is 0. The van der Waals surface area contributed by atoms with Crippen molar-refractivity contribution in [2.45, 2.75) is 105 Å². The third kappa shape index (κ3) is 14.2. The highest BCUT2D eigenvalue weighted by molar-refractivity contribution is 5.85. The number of carbonyl (C=O) groups is 3. The summed E-state index contributed by atoms with van der Waals surface area (Å²) in [5, 5.41) is 22.2. The van der Waals surface area contributed by atoms with Gasteiger partial charge >= 0.3 is 0 Å². The summed E-state index contributed by atoms with van der Waals surface area (Å²) in [6, 6.07) is -0.639. The molecule has 0 fully saturated rings. The van der Waals surface area contributed by atoms with Crippen molar-refractivity contribution in [1.29, 1.82) is 0 Å². The second-order valence-electron chi connectivity index (χ2n) is 9.24. The molecule has 31 heavy (non-hydrogen) atoms. The maximum atomic E-state index is 12.6. The van der Waals surface area contributed by atoms with Gasteiger partial charge in [0.25, 0.3) is 0 Å². The lowest BCUT2D eigenvalue weighted by molar-refractivity contribution is -0.125. The van der Waals surface area contributed by atoms with Gasteiger partial charge in [0.15, 0.2) is 5.78 Å². The Morgan fingerprint density at radius 1 is 0.871 bits per heavy atom. The summed E-state index contributed by atoms with van der Waals surface area (Å²) < 4.78 is 0. The third-order valence-electron chi connectivity index (χ3n) is 4.90. The number of aliphatic hydroxyl groups excluding tert-OH is 1. The molecule has 3 atom stereocenters. The van der Waals surface area contributed by atoms with Gasteiger partial charge in [-0.15, -0.1) is 0 Å². The van der Waals surface area contributed by atoms with Crippen molar-refractivity contribution >= 4 is 17.6 Å². The average molecular weight is 443 g/mol. The molecule has 0 rings (SSSR count). The summed E-state index contributed by atoms with van der Waals surface area (Å²) in [5.41, 5.74) is 0. The Morgan fingerprint density at radius 3 is 2.03 bits per heavy atom. The predicted molar refractivity (Wildman–Crippen MR) is 124 cm³/mol. The van der Waals surface area contributed by atoms with Crippen LogP contribution in [-0.4, -0.2) is 60.1 Å². The van der Waals surface area contributed by atoms with E-state index in [0.717, 1.165) is 12.8 Å². The first-order valence-corrected chi connectivity index (χ1v) is 11.8. The van der Waals surface area contributed by atoms with Crippen molar-refractivity contribution in [3.05, 3.63) is 0 Å². The van der Waals surface area contributed by atoms with E-state index in [1.54, 1.807) is 6.92 Å². The van der Waals surface area contributed by atoms with Crippen LogP contribution in [0, 0.1) is 11.8 Å². The predicted octanol–water partition coefficient (Wildman–Crippen LogP) is 1.71. The van der Waals surface area contributed by atoms with E-state index in [4.69, 9.17) is 0 Å². The first-order valence-electron chi connectivity index (χ1n) is 11.8. The molecule has 182 valence electrons. The van der Waals surface area contributed by atoms with Crippen molar-refractivity contribution in [3.8, 4) is 0 Å². The largest absolute Gasteiger partial charge is 0.377 e. The number of aliphatic hydroxyl groups is 1. The molecule has 0 aromatic rings. The zero-order valence-corrected chi connectivity index (χ0v) is 20.6. The number of unbranched alkanes of at least 4 members (excludes halogenated alkanes) is 1. The minimum absolute atomic E-state index is 0.0156. The number of carbonyl (C=O) groups excluding carboxylic acids is 3. The number of amides is 2. The maximum absolute atomic E-state index is 12.6. The normalized spacial score (nSPS) is 14.5. The Kier molecular flexibility index (Phi) is 15.4. The molecule has 0 heterocycles. The quantitative estimate of drug-likeness (QED) is 0.173. The topological polar surface area (TPSA) is 120 Å². The molecule has 0 aliphatic carbocycles. The number of nitrogens with one attached hydrogen (secondary N) is 4. The minimum atomic E-state index is -1.02. The fourth-order valence-electron chi connectivity index (χ4n) is 3.27. The number of hydrogen-bond donors (Lipinski definition) is 5. The van der Waals surface area contributed by atoms with Gasteiger partial charge in [0, 0.05) is 24.9 Å². The molecule has 8 heteroatoms. The van der Waals surface area contributed by atoms with Gasteiger partial charge in [0.1, 0.15) is 6.23 Å². The molecule has 0 aromatic carbocycles. The van der Waals surface area contributed by atoms with Crippen LogP contribution >= 0.6 is 0 Å². The van der Waals surface area contributed by atoms with E-state index in [0.29, 0.717) is 31.7 Å². The molecule has 0 radical (unpaired) electrons. The highest BCUT2D eigenvalue weighted by atomic mass is 16.3. The first-order chi connectivity index (χ1) is 14.5. The first kappa shape index (κ1) is 29.5. The zero-order chi connectivity index (χ0) is 24.0. The molecule has 0 saturated heterocycles. The van der Waals surface area contributed by atoms with E-state index in [1.165, 1.54) is 0 Å². The molecule has 0 aliphatic heterocycles. The molecule has 0 aromatic heterocycles. The molecule has 0 saturated carbocycles. The van der Waals surface area contributed by atoms with Gasteiger partial charge in [0.05, 0.1) is 18.6 Å². The molecule has 2 amide bonds. The van der Waals surface area contributed by atoms with E-state index < -0.39 is 12.3 Å². The minimum Gasteiger partial charge on any atom is -0.377 e. The fourth-order valence-corrected chi connectivity index (χ4v) is 3.27. The van der Waals surface area contributed by atoms with Crippen LogP contribution in [-0.2, 0) is 14.4 Å². The van der Waals surface area contributed by atoms with Crippen LogP contribution in [0.1, 0.15) is 80.6 Å². The second kappa shape index (κ2) is 16.2. The van der Waals surface area contributed by atoms with Crippen LogP contribution in [0.3, 0.4) is 0 Å². The summed E-state index contributed by atoms with van der Waals surface area (Å²) in [6.07, 6.45) is 2.22. The number of hydrogen-bond acceptors (Lipinski definition) is 6. The lowest BCUT2D eigenvalue weighted by atomic mass is 9.97. The molecule has 5 N–H and O–H groups in total. The maximum Gasteiger partial charge on any atom is 0.237 e. The molecule has 0 aliphatic rings. The van der Waals surface area contributed by atoms with Crippen LogP contribution in [0.15, 0.2) is 0 Å². The van der Waals surface area contributed by atoms with Gasteiger partial charge in [-0.05, 0) is 31.6 Å². The molecular weight excluding hydrogens is 396 g/mol. The van der Waals surface area contributed by atoms with Crippen LogP contribution in [0.25, 0.3) is 0 Å². The SMILES string of the molecule is CCC(=O)NCCCC[C@H](NC(O)CNC(=O)[C@H](CC(C)C)NC(C)C)C(=O)C(C)C. The van der Waals surface area contributed by atoms with Crippen molar-refractivity contribution in [2.75, 3.05) is 13.1 Å². The number of ketones is 1. The second-order valence-corrected chi connectivity index (χ2v) is 9.24. The number of rotatable bonds is 17. The molecule has 1 unspecified atom stereocenters. The van der Waals surface area contributed by atoms with Gasteiger partial charge in [-0.1, -0.05) is 48.5 Å². The smallest absolute Gasteiger partial charge is 0.237 e. The zero-order valence-electron chi connectivity index (χ0n) is 20.6. The number of Topliss-reactive ketones (excluding diaryl/α,β-unsaturated/α-hetero) is 1. The highest BCUT2D eigenvalue weighted by Crippen LogP contribution is 2.09. The summed E-state index contributed by atoms with van der Waals surface area (Å²) in [7, 11) is 0. The highest BCUT2D eigenvalue weighted by Gasteiger charge is 2.25. The van der Waals surface area contributed by atoms with Gasteiger partial charge < -0.3 is 21.1 Å². The Morgan fingerprint density at radius 2 is 1.52 bits per heavy atom. The van der Waals surface area contributed by atoms with E-state index in [2.05, 4.69) is 35.1 Å². The summed E-state index contributed by atoms with van der Waals surface area (Å²) in [4.78, 5) is 36.4. The van der Waals surface area contributed by atoms with Crippen molar-refractivity contribution in [1.82, 2.24) is 21.3 Å². The van der Waals surface area contributed by atoms with Crippen LogP contribution in [0.5, 0.6) is 0 Å². The lowest BCUT2D eigenvalue weighted by Gasteiger charge is -2.25. The Bertz CT molecular complexity index is 528. The standard InChI is InChI=1S/C23H46N4O4/c1-8-20(28)24-12-10-9-11-18(22(30)16(4)5)27-21(29)14-25-23(31)19(13-15(2)3)26-17(6)7/h15-19,21,26-27,29H,8-14H2,1-7H3,(H,24,28)(H,25,31)/t18-,19-,21?/m0/s1. The van der Waals surface area contributed by atoms with E-state index in [1.807, 2.05) is 27.7 Å². The van der Waals surface area contributed by atoms with Gasteiger partial charge in [-0.3, -0.25) is 19.7 Å². The Hall–Kier alpha value is -1.51. The van der Waals surface area contributed by atoms with Crippen molar-refractivity contribution < 1.29 is 19.5 Å². The lowest BCUT2D eigenvalue weighted by Crippen LogP contribution is -2.53. The van der Waals surface area contributed by atoms with Crippen LogP contribution in [0.4, 0.5) is 0 Å². The van der Waals surface area contributed by atoms with Gasteiger partial charge in [-0.25, -0.2) is 0 Å². The van der Waals surface area contributed by atoms with Gasteiger partial charge in [-0.2, -0.15) is 0 Å². The summed E-state index contributed by atoms with van der Waals surface area (Å²) in [5.74, 6) is 0.0931. The Balaban J connectivity index is 4.66. The van der Waals surface area contributed by atoms with Crippen LogP contribution in [0.2, 0.25) is 0 Å². The fraction of sp³-hybridized carbons (Fsp3) is 0.870. The van der Waals surface area contributed by atoms with Crippen molar-refractivity contribution in [3.63, 3.8) is 0 Å². The van der Waals surface area contributed by atoms with E-state index in [9.17, 15) is 19.5 Å². The molecule has 0 spiro atoms. The Labute approximate surface area is 188 Å². The third-order valence-corrected chi connectivity index (χ3v) is 4.90. The van der Waals surface area contributed by atoms with E-state index >= 15 is 0 Å². The monoisotopic (exact) mass is 442 g/mol. The van der Waals surface area contributed by atoms with Crippen molar-refractivity contribution in [2.24, 2.45) is 11.8 Å². The molecule has 8 nitrogen and oxygen atoms in total.